The SMILES string of the molecule is Nc1cc(C(=O)NC2C3C4CCC(C4)C23)c([N+](=O)[O-])cn1. The van der Waals surface area contributed by atoms with Crippen LogP contribution in [0.1, 0.15) is 29.6 Å². The maximum Gasteiger partial charge on any atom is 0.300 e. The van der Waals surface area contributed by atoms with Gasteiger partial charge in [-0.1, -0.05) is 0 Å². The molecule has 3 aliphatic rings. The topological polar surface area (TPSA) is 111 Å². The molecule has 3 N–H and O–H groups in total. The molecule has 4 atom stereocenters. The maximum absolute atomic E-state index is 12.3. The molecule has 0 radical (unpaired) electrons. The van der Waals surface area contributed by atoms with Gasteiger partial charge in [-0.15, -0.1) is 0 Å². The lowest BCUT2D eigenvalue weighted by atomic mass is 10.0. The highest BCUT2D eigenvalue weighted by Gasteiger charge is 2.65. The minimum atomic E-state index is -0.598. The van der Waals surface area contributed by atoms with Gasteiger partial charge in [-0.05, 0) is 49.0 Å². The van der Waals surface area contributed by atoms with E-state index in [0.29, 0.717) is 11.8 Å². The summed E-state index contributed by atoms with van der Waals surface area (Å²) in [6.07, 6.45) is 4.87. The van der Waals surface area contributed by atoms with E-state index in [4.69, 9.17) is 5.73 Å². The van der Waals surface area contributed by atoms with Crippen molar-refractivity contribution >= 4 is 17.4 Å². The Bertz CT molecular complexity index is 631. The summed E-state index contributed by atoms with van der Waals surface area (Å²) >= 11 is 0. The van der Waals surface area contributed by atoms with Crippen LogP contribution in [0.25, 0.3) is 0 Å². The first kappa shape index (κ1) is 12.6. The Balaban J connectivity index is 1.54. The molecule has 1 amide bonds. The van der Waals surface area contributed by atoms with Crippen molar-refractivity contribution in [2.75, 3.05) is 5.73 Å². The normalized spacial score (nSPS) is 35.3. The molecule has 2 bridgehead atoms. The third kappa shape index (κ3) is 1.80. The zero-order valence-corrected chi connectivity index (χ0v) is 11.4. The van der Waals surface area contributed by atoms with E-state index in [2.05, 4.69) is 10.3 Å². The number of aromatic nitrogens is 1. The van der Waals surface area contributed by atoms with Crippen LogP contribution in [-0.4, -0.2) is 21.9 Å². The van der Waals surface area contributed by atoms with Crippen molar-refractivity contribution in [3.05, 3.63) is 27.9 Å². The number of nitrogens with zero attached hydrogens (tertiary/aromatic N) is 2. The standard InChI is InChI=1S/C14H16N4O3/c15-10-4-8(9(5-16-10)18(20)21)14(19)17-13-11-6-1-2-7(3-6)12(11)13/h4-7,11-13H,1-3H2,(H2,15,16)(H,17,19). The van der Waals surface area contributed by atoms with Crippen LogP contribution >= 0.6 is 0 Å². The molecule has 4 rings (SSSR count). The van der Waals surface area contributed by atoms with Crippen molar-refractivity contribution in [2.24, 2.45) is 23.7 Å². The number of carbonyl (C=O) groups excluding carboxylic acids is 1. The summed E-state index contributed by atoms with van der Waals surface area (Å²) in [6, 6.07) is 1.47. The molecule has 21 heavy (non-hydrogen) atoms. The number of carbonyl (C=O) groups is 1. The second kappa shape index (κ2) is 4.16. The number of amides is 1. The van der Waals surface area contributed by atoms with Crippen molar-refractivity contribution in [1.29, 1.82) is 0 Å². The van der Waals surface area contributed by atoms with E-state index in [1.165, 1.54) is 25.3 Å². The molecule has 110 valence electrons. The molecule has 3 saturated carbocycles. The number of anilines is 1. The zero-order valence-electron chi connectivity index (χ0n) is 11.4. The number of nitrogen functional groups attached to an aromatic ring is 1. The van der Waals surface area contributed by atoms with Crippen LogP contribution in [0.3, 0.4) is 0 Å². The maximum atomic E-state index is 12.3. The molecular weight excluding hydrogens is 272 g/mol. The molecule has 1 aromatic heterocycles. The molecule has 3 aliphatic carbocycles. The van der Waals surface area contributed by atoms with Gasteiger partial charge in [-0.25, -0.2) is 4.98 Å². The van der Waals surface area contributed by atoms with Gasteiger partial charge in [-0.2, -0.15) is 0 Å². The van der Waals surface area contributed by atoms with Gasteiger partial charge in [0.05, 0.1) is 4.92 Å². The van der Waals surface area contributed by atoms with Crippen molar-refractivity contribution in [2.45, 2.75) is 25.3 Å². The lowest BCUT2D eigenvalue weighted by Crippen LogP contribution is -2.30. The minimum absolute atomic E-state index is 0.00446. The summed E-state index contributed by atoms with van der Waals surface area (Å²) in [7, 11) is 0. The summed E-state index contributed by atoms with van der Waals surface area (Å²) in [4.78, 5) is 26.4. The monoisotopic (exact) mass is 288 g/mol. The molecular formula is C14H16N4O3. The number of pyridine rings is 1. The number of fused-ring (bicyclic) bond motifs is 5. The van der Waals surface area contributed by atoms with E-state index in [1.54, 1.807) is 0 Å². The fourth-order valence-electron chi connectivity index (χ4n) is 4.54. The van der Waals surface area contributed by atoms with Crippen LogP contribution in [-0.2, 0) is 0 Å². The second-order valence-corrected chi connectivity index (χ2v) is 6.37. The first-order valence-electron chi connectivity index (χ1n) is 7.27. The van der Waals surface area contributed by atoms with Gasteiger partial charge in [-0.3, -0.25) is 14.9 Å². The van der Waals surface area contributed by atoms with E-state index in [0.717, 1.165) is 18.0 Å². The third-order valence-electron chi connectivity index (χ3n) is 5.38. The van der Waals surface area contributed by atoms with Crippen LogP contribution in [0.15, 0.2) is 12.3 Å². The number of hydrogen-bond acceptors (Lipinski definition) is 5. The molecule has 7 heteroatoms. The van der Waals surface area contributed by atoms with Gasteiger partial charge in [0.1, 0.15) is 17.6 Å². The fourth-order valence-corrected chi connectivity index (χ4v) is 4.54. The Labute approximate surface area is 121 Å². The number of rotatable bonds is 3. The first-order valence-corrected chi connectivity index (χ1v) is 7.27. The van der Waals surface area contributed by atoms with Gasteiger partial charge in [0.15, 0.2) is 0 Å². The summed E-state index contributed by atoms with van der Waals surface area (Å²) in [5.74, 6) is 2.36. The predicted octanol–water partition coefficient (Wildman–Crippen LogP) is 1.35. The van der Waals surface area contributed by atoms with Crippen molar-refractivity contribution in [1.82, 2.24) is 10.3 Å². The van der Waals surface area contributed by atoms with Gasteiger partial charge < -0.3 is 11.1 Å². The summed E-state index contributed by atoms with van der Waals surface area (Å²) in [6.45, 7) is 0. The highest BCUT2D eigenvalue weighted by molar-refractivity contribution is 5.99. The van der Waals surface area contributed by atoms with Crippen molar-refractivity contribution in [3.8, 4) is 0 Å². The number of nitro groups is 1. The highest BCUT2D eigenvalue weighted by atomic mass is 16.6. The van der Waals surface area contributed by atoms with Gasteiger partial charge in [0.25, 0.3) is 11.6 Å². The molecule has 1 aromatic rings. The van der Waals surface area contributed by atoms with E-state index in [9.17, 15) is 14.9 Å². The smallest absolute Gasteiger partial charge is 0.300 e. The van der Waals surface area contributed by atoms with Crippen LogP contribution in [0.4, 0.5) is 11.5 Å². The summed E-state index contributed by atoms with van der Waals surface area (Å²) in [5, 5.41) is 14.0. The van der Waals surface area contributed by atoms with Gasteiger partial charge >= 0.3 is 0 Å². The Hall–Kier alpha value is -2.18. The van der Waals surface area contributed by atoms with Crippen LogP contribution in [0.5, 0.6) is 0 Å². The quantitative estimate of drug-likeness (QED) is 0.644. The largest absolute Gasteiger partial charge is 0.384 e. The van der Waals surface area contributed by atoms with Crippen molar-refractivity contribution in [3.63, 3.8) is 0 Å². The number of hydrogen-bond donors (Lipinski definition) is 2. The molecule has 0 saturated heterocycles. The molecule has 4 unspecified atom stereocenters. The predicted molar refractivity (Wildman–Crippen MR) is 74.4 cm³/mol. The molecule has 1 heterocycles. The molecule has 7 nitrogen and oxygen atoms in total. The summed E-state index contributed by atoms with van der Waals surface area (Å²) in [5.41, 5.74) is 5.25. The third-order valence-corrected chi connectivity index (χ3v) is 5.38. The van der Waals surface area contributed by atoms with Crippen LogP contribution in [0, 0.1) is 33.8 Å². The Kier molecular flexibility index (Phi) is 2.49. The molecule has 3 fully saturated rings. The number of nitrogens with one attached hydrogen (secondary N) is 1. The van der Waals surface area contributed by atoms with E-state index >= 15 is 0 Å². The van der Waals surface area contributed by atoms with Crippen LogP contribution < -0.4 is 11.1 Å². The lowest BCUT2D eigenvalue weighted by Gasteiger charge is -2.11. The van der Waals surface area contributed by atoms with Gasteiger partial charge in [0, 0.05) is 6.04 Å². The first-order chi connectivity index (χ1) is 10.1. The van der Waals surface area contributed by atoms with E-state index in [-0.39, 0.29) is 23.1 Å². The van der Waals surface area contributed by atoms with Gasteiger partial charge in [0.2, 0.25) is 0 Å². The summed E-state index contributed by atoms with van der Waals surface area (Å²) < 4.78 is 0. The molecule has 0 spiro atoms. The van der Waals surface area contributed by atoms with Crippen LogP contribution in [0.2, 0.25) is 0 Å². The van der Waals surface area contributed by atoms with Crippen molar-refractivity contribution < 1.29 is 9.72 Å². The fraction of sp³-hybridized carbons (Fsp3) is 0.571. The lowest BCUT2D eigenvalue weighted by molar-refractivity contribution is -0.385. The Morgan fingerprint density at radius 3 is 2.67 bits per heavy atom. The average molecular weight is 288 g/mol. The van der Waals surface area contributed by atoms with E-state index in [1.807, 2.05) is 0 Å². The number of nitrogens with two attached hydrogens (primary N) is 1. The Morgan fingerprint density at radius 2 is 2.05 bits per heavy atom. The molecule has 0 aromatic carbocycles. The minimum Gasteiger partial charge on any atom is -0.384 e. The highest BCUT2D eigenvalue weighted by Crippen LogP contribution is 2.65. The average Bonchev–Trinajstić information content (AvgIpc) is 2.83. The van der Waals surface area contributed by atoms with E-state index < -0.39 is 10.8 Å². The molecule has 0 aliphatic heterocycles. The zero-order chi connectivity index (χ0) is 14.7. The second-order valence-electron chi connectivity index (χ2n) is 6.37. The Morgan fingerprint density at radius 1 is 1.38 bits per heavy atom.